The fraction of sp³-hybridized carbons (Fsp3) is 0.560. The Labute approximate surface area is 192 Å². The van der Waals surface area contributed by atoms with E-state index in [0.717, 1.165) is 5.56 Å². The second-order valence-corrected chi connectivity index (χ2v) is 9.14. The molecule has 178 valence electrons. The summed E-state index contributed by atoms with van der Waals surface area (Å²) in [4.78, 5) is 39.6. The number of carbonyl (C=O) groups excluding carboxylic acids is 3. The Morgan fingerprint density at radius 2 is 1.72 bits per heavy atom. The molecule has 0 heterocycles. The van der Waals surface area contributed by atoms with E-state index < -0.39 is 23.7 Å². The molecule has 0 saturated carbocycles. The number of rotatable bonds is 9. The van der Waals surface area contributed by atoms with Gasteiger partial charge < -0.3 is 19.7 Å². The van der Waals surface area contributed by atoms with E-state index in [1.54, 1.807) is 52.6 Å². The number of nitrogens with one attached hydrogen (secondary N) is 1. The van der Waals surface area contributed by atoms with Crippen LogP contribution in [0.15, 0.2) is 42.0 Å². The number of nitrogens with zero attached hydrogens (tertiary/aromatic N) is 1. The molecule has 1 rings (SSSR count). The number of hydrogen-bond acceptors (Lipinski definition) is 5. The number of benzene rings is 1. The Morgan fingerprint density at radius 1 is 1.12 bits per heavy atom. The Balaban J connectivity index is 3.16. The molecule has 0 aliphatic rings. The lowest BCUT2D eigenvalue weighted by atomic mass is 9.98. The van der Waals surface area contributed by atoms with Crippen molar-refractivity contribution in [3.63, 3.8) is 0 Å². The van der Waals surface area contributed by atoms with Crippen LogP contribution in [-0.4, -0.2) is 54.2 Å². The van der Waals surface area contributed by atoms with E-state index in [0.29, 0.717) is 12.0 Å². The summed E-state index contributed by atoms with van der Waals surface area (Å²) in [5.41, 5.74) is 0.663. The Hall–Kier alpha value is -2.83. The summed E-state index contributed by atoms with van der Waals surface area (Å²) >= 11 is 0. The van der Waals surface area contributed by atoms with E-state index in [9.17, 15) is 14.4 Å². The molecule has 0 aliphatic carbocycles. The third kappa shape index (κ3) is 9.12. The van der Waals surface area contributed by atoms with Gasteiger partial charge in [0.25, 0.3) is 0 Å². The highest BCUT2D eigenvalue weighted by Crippen LogP contribution is 2.17. The minimum absolute atomic E-state index is 0.0345. The zero-order valence-corrected chi connectivity index (χ0v) is 20.6. The van der Waals surface area contributed by atoms with Crippen molar-refractivity contribution in [2.75, 3.05) is 13.7 Å². The maximum absolute atomic E-state index is 13.5. The molecule has 0 aromatic heterocycles. The van der Waals surface area contributed by atoms with Crippen molar-refractivity contribution in [1.82, 2.24) is 10.2 Å². The predicted octanol–water partition coefficient (Wildman–Crippen LogP) is 4.11. The molecule has 0 unspecified atom stereocenters. The van der Waals surface area contributed by atoms with Gasteiger partial charge in [-0.3, -0.25) is 4.79 Å². The molecule has 1 N–H and O–H groups in total. The van der Waals surface area contributed by atoms with E-state index in [1.165, 1.54) is 0 Å². The third-order valence-electron chi connectivity index (χ3n) is 4.77. The van der Waals surface area contributed by atoms with Crippen LogP contribution in [0.25, 0.3) is 0 Å². The average Bonchev–Trinajstić information content (AvgIpc) is 2.69. The summed E-state index contributed by atoms with van der Waals surface area (Å²) < 4.78 is 10.4. The molecule has 1 aromatic carbocycles. The topological polar surface area (TPSA) is 84.9 Å². The highest BCUT2D eigenvalue weighted by molar-refractivity contribution is 5.89. The van der Waals surface area contributed by atoms with Crippen molar-refractivity contribution in [3.8, 4) is 0 Å². The number of likely N-dealkylation sites (N-methyl/N-ethyl adjacent to an activating group) is 1. The lowest BCUT2D eigenvalue weighted by Crippen LogP contribution is -2.52. The SMILES string of the molecule is CCOC(=O)C(C)=C[C@H](C(C)C)N(C)C(=O)[C@H](Cc1ccccc1)NC(=O)OC(C)(C)C. The monoisotopic (exact) mass is 446 g/mol. The van der Waals surface area contributed by atoms with Crippen molar-refractivity contribution in [1.29, 1.82) is 0 Å². The van der Waals surface area contributed by atoms with Gasteiger partial charge in [-0.1, -0.05) is 50.3 Å². The molecular weight excluding hydrogens is 408 g/mol. The first kappa shape index (κ1) is 27.2. The van der Waals surface area contributed by atoms with Crippen molar-refractivity contribution in [3.05, 3.63) is 47.5 Å². The smallest absolute Gasteiger partial charge is 0.408 e. The first-order valence-electron chi connectivity index (χ1n) is 11.0. The molecule has 7 nitrogen and oxygen atoms in total. The molecule has 0 bridgehead atoms. The predicted molar refractivity (Wildman–Crippen MR) is 125 cm³/mol. The lowest BCUT2D eigenvalue weighted by molar-refractivity contribution is -0.139. The summed E-state index contributed by atoms with van der Waals surface area (Å²) in [6, 6.07) is 8.29. The van der Waals surface area contributed by atoms with Crippen LogP contribution in [0, 0.1) is 5.92 Å². The maximum atomic E-state index is 13.5. The van der Waals surface area contributed by atoms with Crippen LogP contribution in [-0.2, 0) is 25.5 Å². The molecule has 0 spiro atoms. The van der Waals surface area contributed by atoms with Crippen LogP contribution >= 0.6 is 0 Å². The molecule has 32 heavy (non-hydrogen) atoms. The molecule has 2 atom stereocenters. The third-order valence-corrected chi connectivity index (χ3v) is 4.77. The van der Waals surface area contributed by atoms with Crippen LogP contribution in [0.2, 0.25) is 0 Å². The number of hydrogen-bond donors (Lipinski definition) is 1. The molecule has 7 heteroatoms. The van der Waals surface area contributed by atoms with Gasteiger partial charge in [0.05, 0.1) is 12.6 Å². The van der Waals surface area contributed by atoms with Crippen molar-refractivity contribution in [2.24, 2.45) is 5.92 Å². The minimum atomic E-state index is -0.824. The zero-order valence-electron chi connectivity index (χ0n) is 20.6. The van der Waals surface area contributed by atoms with Crippen LogP contribution in [0.3, 0.4) is 0 Å². The van der Waals surface area contributed by atoms with Crippen molar-refractivity contribution >= 4 is 18.0 Å². The minimum Gasteiger partial charge on any atom is -0.463 e. The van der Waals surface area contributed by atoms with E-state index >= 15 is 0 Å². The fourth-order valence-electron chi connectivity index (χ4n) is 3.21. The van der Waals surface area contributed by atoms with Crippen LogP contribution in [0.5, 0.6) is 0 Å². The highest BCUT2D eigenvalue weighted by atomic mass is 16.6. The fourth-order valence-corrected chi connectivity index (χ4v) is 3.21. The van der Waals surface area contributed by atoms with Crippen LogP contribution in [0.1, 0.15) is 54.0 Å². The highest BCUT2D eigenvalue weighted by Gasteiger charge is 2.31. The summed E-state index contributed by atoms with van der Waals surface area (Å²) in [6.45, 7) is 12.9. The normalized spacial score (nSPS) is 13.8. The number of alkyl carbamates (subject to hydrolysis) is 1. The summed E-state index contributed by atoms with van der Waals surface area (Å²) in [6.07, 6.45) is 1.40. The second-order valence-electron chi connectivity index (χ2n) is 9.14. The molecule has 0 radical (unpaired) electrons. The lowest BCUT2D eigenvalue weighted by Gasteiger charge is -2.33. The van der Waals surface area contributed by atoms with E-state index in [2.05, 4.69) is 5.32 Å². The summed E-state index contributed by atoms with van der Waals surface area (Å²) in [7, 11) is 1.68. The largest absolute Gasteiger partial charge is 0.463 e. The number of ether oxygens (including phenoxy) is 2. The molecule has 0 aliphatic heterocycles. The van der Waals surface area contributed by atoms with Gasteiger partial charge in [-0.25, -0.2) is 9.59 Å². The first-order valence-corrected chi connectivity index (χ1v) is 11.0. The van der Waals surface area contributed by atoms with Gasteiger partial charge in [-0.05, 0) is 46.1 Å². The van der Waals surface area contributed by atoms with E-state index in [1.807, 2.05) is 44.2 Å². The Bertz CT molecular complexity index is 796. The van der Waals surface area contributed by atoms with Gasteiger partial charge in [-0.15, -0.1) is 0 Å². The van der Waals surface area contributed by atoms with Crippen molar-refractivity contribution < 1.29 is 23.9 Å². The zero-order chi connectivity index (χ0) is 24.5. The number of carbonyl (C=O) groups is 3. The maximum Gasteiger partial charge on any atom is 0.408 e. The van der Waals surface area contributed by atoms with Gasteiger partial charge in [0.1, 0.15) is 11.6 Å². The molecule has 2 amide bonds. The summed E-state index contributed by atoms with van der Waals surface area (Å²) in [5, 5.41) is 2.73. The number of esters is 1. The molecule has 1 aromatic rings. The molecule has 0 fully saturated rings. The summed E-state index contributed by atoms with van der Waals surface area (Å²) in [5.74, 6) is -0.648. The standard InChI is InChI=1S/C25H38N2O5/c1-9-31-23(29)18(4)15-21(17(2)3)27(8)22(28)20(16-19-13-11-10-12-14-19)26-24(30)32-25(5,6)7/h10-15,17,20-21H,9,16H2,1-8H3,(H,26,30)/t20-,21+/m0/s1. The Kier molecular flexibility index (Phi) is 10.4. The molecule has 0 saturated heterocycles. The first-order chi connectivity index (χ1) is 14.9. The Morgan fingerprint density at radius 3 is 2.22 bits per heavy atom. The van der Waals surface area contributed by atoms with Gasteiger partial charge >= 0.3 is 12.1 Å². The van der Waals surface area contributed by atoms with Gasteiger partial charge in [0.2, 0.25) is 5.91 Å². The van der Waals surface area contributed by atoms with Crippen LogP contribution in [0.4, 0.5) is 4.79 Å². The van der Waals surface area contributed by atoms with Gasteiger partial charge in [0, 0.05) is 19.0 Å². The molecular formula is C25H38N2O5. The van der Waals surface area contributed by atoms with Gasteiger partial charge in [0.15, 0.2) is 0 Å². The van der Waals surface area contributed by atoms with Gasteiger partial charge in [-0.2, -0.15) is 0 Å². The average molecular weight is 447 g/mol. The van der Waals surface area contributed by atoms with E-state index in [4.69, 9.17) is 9.47 Å². The quantitative estimate of drug-likeness (QED) is 0.456. The van der Waals surface area contributed by atoms with Crippen molar-refractivity contribution in [2.45, 2.75) is 72.6 Å². The van der Waals surface area contributed by atoms with E-state index in [-0.39, 0.29) is 24.5 Å². The van der Waals surface area contributed by atoms with Crippen LogP contribution < -0.4 is 5.32 Å². The second kappa shape index (κ2) is 12.3. The number of amides is 2.